The number of hydrogen-bond acceptors (Lipinski definition) is 5. The van der Waals surface area contributed by atoms with Gasteiger partial charge in [0, 0.05) is 13.2 Å². The van der Waals surface area contributed by atoms with Crippen LogP contribution < -0.4 is 14.8 Å². The van der Waals surface area contributed by atoms with E-state index in [-0.39, 0.29) is 16.9 Å². The van der Waals surface area contributed by atoms with Crippen LogP contribution in [-0.2, 0) is 19.6 Å². The monoisotopic (exact) mass is 356 g/mol. The largest absolute Gasteiger partial charge is 0.497 e. The maximum atomic E-state index is 12.4. The Morgan fingerprint density at radius 1 is 1.38 bits per heavy atom. The molecule has 7 nitrogen and oxygen atoms in total. The molecule has 1 saturated heterocycles. The van der Waals surface area contributed by atoms with Gasteiger partial charge >= 0.3 is 0 Å². The summed E-state index contributed by atoms with van der Waals surface area (Å²) < 4.78 is 37.7. The second-order valence-electron chi connectivity index (χ2n) is 5.64. The molecule has 1 aliphatic rings. The molecule has 1 aromatic rings. The molecular formula is C16H24N2O5S. The van der Waals surface area contributed by atoms with Crippen LogP contribution in [0.4, 0.5) is 0 Å². The minimum Gasteiger partial charge on any atom is -0.497 e. The van der Waals surface area contributed by atoms with Crippen LogP contribution in [0.25, 0.3) is 0 Å². The Kier molecular flexibility index (Phi) is 6.59. The SMILES string of the molecule is CCC(NS(=O)(=O)c1ccc(OC)cc1)C(=O)NCC1CCCO1. The van der Waals surface area contributed by atoms with Gasteiger partial charge in [0.2, 0.25) is 15.9 Å². The zero-order valence-electron chi connectivity index (χ0n) is 13.9. The minimum atomic E-state index is -3.78. The van der Waals surface area contributed by atoms with Crippen molar-refractivity contribution in [2.45, 2.75) is 43.2 Å². The summed E-state index contributed by atoms with van der Waals surface area (Å²) in [7, 11) is -2.27. The predicted octanol–water partition coefficient (Wildman–Crippen LogP) is 1.05. The molecule has 1 fully saturated rings. The van der Waals surface area contributed by atoms with E-state index in [1.54, 1.807) is 19.1 Å². The van der Waals surface area contributed by atoms with Gasteiger partial charge in [-0.1, -0.05) is 6.92 Å². The van der Waals surface area contributed by atoms with Crippen LogP contribution >= 0.6 is 0 Å². The van der Waals surface area contributed by atoms with Crippen molar-refractivity contribution in [3.05, 3.63) is 24.3 Å². The number of rotatable bonds is 8. The molecule has 2 N–H and O–H groups in total. The Morgan fingerprint density at radius 2 is 2.08 bits per heavy atom. The van der Waals surface area contributed by atoms with Crippen LogP contribution in [0.2, 0.25) is 0 Å². The summed E-state index contributed by atoms with van der Waals surface area (Å²) in [4.78, 5) is 12.3. The average molecular weight is 356 g/mol. The Hall–Kier alpha value is -1.64. The van der Waals surface area contributed by atoms with Crippen LogP contribution in [-0.4, -0.2) is 46.7 Å². The summed E-state index contributed by atoms with van der Waals surface area (Å²) in [5.41, 5.74) is 0. The summed E-state index contributed by atoms with van der Waals surface area (Å²) in [6.45, 7) is 2.87. The Morgan fingerprint density at radius 3 is 2.62 bits per heavy atom. The molecule has 1 aliphatic heterocycles. The quantitative estimate of drug-likeness (QED) is 0.726. The number of amides is 1. The minimum absolute atomic E-state index is 0.0182. The number of carbonyl (C=O) groups is 1. The molecule has 0 spiro atoms. The number of benzene rings is 1. The third kappa shape index (κ3) is 4.93. The van der Waals surface area contributed by atoms with Crippen LogP contribution in [0.1, 0.15) is 26.2 Å². The van der Waals surface area contributed by atoms with E-state index in [1.165, 1.54) is 19.2 Å². The molecule has 2 unspecified atom stereocenters. The van der Waals surface area contributed by atoms with Gasteiger partial charge in [0.05, 0.1) is 18.1 Å². The van der Waals surface area contributed by atoms with Crippen molar-refractivity contribution in [1.29, 1.82) is 0 Å². The molecule has 1 heterocycles. The van der Waals surface area contributed by atoms with E-state index in [9.17, 15) is 13.2 Å². The zero-order valence-corrected chi connectivity index (χ0v) is 14.8. The molecular weight excluding hydrogens is 332 g/mol. The lowest BCUT2D eigenvalue weighted by Crippen LogP contribution is -2.47. The highest BCUT2D eigenvalue weighted by atomic mass is 32.2. The Labute approximate surface area is 142 Å². The highest BCUT2D eigenvalue weighted by Gasteiger charge is 2.25. The van der Waals surface area contributed by atoms with Gasteiger partial charge in [-0.25, -0.2) is 8.42 Å². The first kappa shape index (κ1) is 18.7. The molecule has 0 radical (unpaired) electrons. The molecule has 2 rings (SSSR count). The van der Waals surface area contributed by atoms with Gasteiger partial charge in [0.1, 0.15) is 11.8 Å². The summed E-state index contributed by atoms with van der Waals surface area (Å²) in [6.07, 6.45) is 2.27. The van der Waals surface area contributed by atoms with Crippen LogP contribution in [0.15, 0.2) is 29.2 Å². The fourth-order valence-electron chi connectivity index (χ4n) is 2.48. The number of carbonyl (C=O) groups excluding carboxylic acids is 1. The van der Waals surface area contributed by atoms with Crippen molar-refractivity contribution in [3.8, 4) is 5.75 Å². The summed E-state index contributed by atoms with van der Waals surface area (Å²) in [6, 6.07) is 5.19. The zero-order chi connectivity index (χ0) is 17.6. The molecule has 134 valence electrons. The average Bonchev–Trinajstić information content (AvgIpc) is 3.11. The third-order valence-electron chi connectivity index (χ3n) is 3.92. The molecule has 1 aromatic carbocycles. The first-order valence-electron chi connectivity index (χ1n) is 8.02. The van der Waals surface area contributed by atoms with Gasteiger partial charge in [-0.2, -0.15) is 4.72 Å². The van der Waals surface area contributed by atoms with Gasteiger partial charge in [0.25, 0.3) is 0 Å². The Bertz CT molecular complexity index is 639. The topological polar surface area (TPSA) is 93.7 Å². The number of sulfonamides is 1. The van der Waals surface area contributed by atoms with Crippen molar-refractivity contribution in [1.82, 2.24) is 10.0 Å². The van der Waals surface area contributed by atoms with Crippen LogP contribution in [0, 0.1) is 0 Å². The molecule has 8 heteroatoms. The van der Waals surface area contributed by atoms with E-state index in [1.807, 2.05) is 0 Å². The van der Waals surface area contributed by atoms with Crippen LogP contribution in [0.5, 0.6) is 5.75 Å². The highest BCUT2D eigenvalue weighted by Crippen LogP contribution is 2.16. The van der Waals surface area contributed by atoms with E-state index < -0.39 is 16.1 Å². The Balaban J connectivity index is 1.97. The van der Waals surface area contributed by atoms with Gasteiger partial charge in [-0.15, -0.1) is 0 Å². The third-order valence-corrected chi connectivity index (χ3v) is 5.41. The van der Waals surface area contributed by atoms with Crippen LogP contribution in [0.3, 0.4) is 0 Å². The molecule has 2 atom stereocenters. The fraction of sp³-hybridized carbons (Fsp3) is 0.562. The van der Waals surface area contributed by atoms with Crippen molar-refractivity contribution < 1.29 is 22.7 Å². The van der Waals surface area contributed by atoms with E-state index in [0.717, 1.165) is 12.8 Å². The van der Waals surface area contributed by atoms with E-state index >= 15 is 0 Å². The number of nitrogens with one attached hydrogen (secondary N) is 2. The molecule has 0 aromatic heterocycles. The predicted molar refractivity (Wildman–Crippen MR) is 89.4 cm³/mol. The van der Waals surface area contributed by atoms with Gasteiger partial charge < -0.3 is 14.8 Å². The number of ether oxygens (including phenoxy) is 2. The highest BCUT2D eigenvalue weighted by molar-refractivity contribution is 7.89. The molecule has 1 amide bonds. The first-order valence-corrected chi connectivity index (χ1v) is 9.50. The van der Waals surface area contributed by atoms with Crippen molar-refractivity contribution in [3.63, 3.8) is 0 Å². The summed E-state index contributed by atoms with van der Waals surface area (Å²) >= 11 is 0. The second-order valence-corrected chi connectivity index (χ2v) is 7.35. The van der Waals surface area contributed by atoms with E-state index in [4.69, 9.17) is 9.47 Å². The normalized spacial score (nSPS) is 19.0. The molecule has 0 bridgehead atoms. The second kappa shape index (κ2) is 8.46. The van der Waals surface area contributed by atoms with Gasteiger partial charge in [-0.05, 0) is 43.5 Å². The lowest BCUT2D eigenvalue weighted by atomic mass is 10.2. The summed E-state index contributed by atoms with van der Waals surface area (Å²) in [5.74, 6) is 0.223. The smallest absolute Gasteiger partial charge is 0.241 e. The standard InChI is InChI=1S/C16H24N2O5S/c1-3-15(16(19)17-11-13-5-4-10-23-13)18-24(20,21)14-8-6-12(22-2)7-9-14/h6-9,13,15,18H,3-5,10-11H2,1-2H3,(H,17,19). The van der Waals surface area contributed by atoms with Gasteiger partial charge in [-0.3, -0.25) is 4.79 Å². The maximum absolute atomic E-state index is 12.4. The lowest BCUT2D eigenvalue weighted by Gasteiger charge is -2.18. The number of methoxy groups -OCH3 is 1. The lowest BCUT2D eigenvalue weighted by molar-refractivity contribution is -0.123. The summed E-state index contributed by atoms with van der Waals surface area (Å²) in [5, 5.41) is 2.76. The van der Waals surface area contributed by atoms with Crippen molar-refractivity contribution in [2.75, 3.05) is 20.3 Å². The first-order chi connectivity index (χ1) is 11.5. The van der Waals surface area contributed by atoms with E-state index in [2.05, 4.69) is 10.0 Å². The van der Waals surface area contributed by atoms with Crippen molar-refractivity contribution >= 4 is 15.9 Å². The maximum Gasteiger partial charge on any atom is 0.241 e. The fourth-order valence-corrected chi connectivity index (χ4v) is 3.75. The van der Waals surface area contributed by atoms with Crippen molar-refractivity contribution in [2.24, 2.45) is 0 Å². The number of hydrogen-bond donors (Lipinski definition) is 2. The van der Waals surface area contributed by atoms with Gasteiger partial charge in [0.15, 0.2) is 0 Å². The molecule has 24 heavy (non-hydrogen) atoms. The van der Waals surface area contributed by atoms with E-state index in [0.29, 0.717) is 25.3 Å². The molecule has 0 saturated carbocycles. The molecule has 0 aliphatic carbocycles.